The Kier molecular flexibility index (Phi) is 4.35. The highest BCUT2D eigenvalue weighted by molar-refractivity contribution is 7.15. The van der Waals surface area contributed by atoms with Crippen LogP contribution in [0.15, 0.2) is 48.7 Å². The fourth-order valence-electron chi connectivity index (χ4n) is 4.88. The lowest BCUT2D eigenvalue weighted by Crippen LogP contribution is -2.46. The first-order chi connectivity index (χ1) is 14.0. The maximum Gasteiger partial charge on any atom is 0.249 e. The smallest absolute Gasteiger partial charge is 0.249 e. The second kappa shape index (κ2) is 6.91. The number of likely N-dealkylation sites (tertiary alicyclic amines) is 1. The number of rotatable bonds is 5. The number of amides is 3. The fraction of sp³-hybridized carbons (Fsp3) is 0.364. The number of carbonyl (C=O) groups is 3. The highest BCUT2D eigenvalue weighted by Crippen LogP contribution is 2.52. The van der Waals surface area contributed by atoms with Gasteiger partial charge in [0, 0.05) is 17.5 Å². The van der Waals surface area contributed by atoms with Crippen LogP contribution in [0.4, 0.5) is 5.13 Å². The zero-order chi connectivity index (χ0) is 20.1. The second-order valence-electron chi connectivity index (χ2n) is 8.01. The van der Waals surface area contributed by atoms with Crippen LogP contribution in [0.2, 0.25) is 0 Å². The Morgan fingerprint density at radius 2 is 1.83 bits per heavy atom. The van der Waals surface area contributed by atoms with E-state index in [9.17, 15) is 14.4 Å². The van der Waals surface area contributed by atoms with Crippen molar-refractivity contribution < 1.29 is 14.4 Å². The summed E-state index contributed by atoms with van der Waals surface area (Å²) in [4.78, 5) is 45.0. The van der Waals surface area contributed by atoms with Gasteiger partial charge in [-0.1, -0.05) is 42.5 Å². The van der Waals surface area contributed by atoms with Crippen molar-refractivity contribution in [1.82, 2.24) is 9.88 Å². The van der Waals surface area contributed by atoms with Gasteiger partial charge in [0.25, 0.3) is 0 Å². The lowest BCUT2D eigenvalue weighted by atomic mass is 9.85. The van der Waals surface area contributed by atoms with Crippen LogP contribution in [0.3, 0.4) is 0 Å². The molecule has 2 fully saturated rings. The molecular weight excluding hydrogens is 386 g/mol. The van der Waals surface area contributed by atoms with Gasteiger partial charge in [0.15, 0.2) is 5.13 Å². The summed E-state index contributed by atoms with van der Waals surface area (Å²) in [5, 5.41) is 3.26. The van der Waals surface area contributed by atoms with E-state index in [2.05, 4.69) is 22.5 Å². The first kappa shape index (κ1) is 18.2. The highest BCUT2D eigenvalue weighted by Gasteiger charge is 2.60. The molecule has 1 N–H and O–H groups in total. The Labute approximate surface area is 172 Å². The van der Waals surface area contributed by atoms with E-state index in [0.717, 1.165) is 17.7 Å². The third-order valence-electron chi connectivity index (χ3n) is 6.28. The number of benzene rings is 1. The maximum atomic E-state index is 12.9. The number of hydrogen-bond acceptors (Lipinski definition) is 5. The van der Waals surface area contributed by atoms with Crippen molar-refractivity contribution in [2.45, 2.75) is 25.8 Å². The van der Waals surface area contributed by atoms with Crippen molar-refractivity contribution in [3.8, 4) is 0 Å². The van der Waals surface area contributed by atoms with E-state index in [4.69, 9.17) is 0 Å². The molecule has 1 aliphatic heterocycles. The molecule has 3 aliphatic rings. The van der Waals surface area contributed by atoms with Gasteiger partial charge < -0.3 is 5.32 Å². The Bertz CT molecular complexity index is 985. The van der Waals surface area contributed by atoms with E-state index in [1.54, 1.807) is 13.1 Å². The molecule has 1 saturated heterocycles. The Morgan fingerprint density at radius 3 is 2.48 bits per heavy atom. The van der Waals surface area contributed by atoms with Gasteiger partial charge in [-0.2, -0.15) is 0 Å². The lowest BCUT2D eigenvalue weighted by Gasteiger charge is -2.23. The molecule has 5 atom stereocenters. The van der Waals surface area contributed by atoms with Gasteiger partial charge in [-0.25, -0.2) is 4.98 Å². The van der Waals surface area contributed by atoms with Gasteiger partial charge in [-0.05, 0) is 30.7 Å². The molecule has 29 heavy (non-hydrogen) atoms. The first-order valence-electron chi connectivity index (χ1n) is 9.87. The molecule has 1 aromatic carbocycles. The third-order valence-corrected chi connectivity index (χ3v) is 7.19. The molecule has 3 amide bonds. The average molecular weight is 407 g/mol. The van der Waals surface area contributed by atoms with Crippen LogP contribution in [0.5, 0.6) is 0 Å². The van der Waals surface area contributed by atoms with E-state index in [-0.39, 0.29) is 41.4 Å². The van der Waals surface area contributed by atoms with Crippen molar-refractivity contribution in [2.24, 2.45) is 23.7 Å². The van der Waals surface area contributed by atoms with Crippen LogP contribution in [-0.4, -0.2) is 33.6 Å². The van der Waals surface area contributed by atoms with Crippen molar-refractivity contribution in [2.75, 3.05) is 5.32 Å². The van der Waals surface area contributed by atoms with Gasteiger partial charge >= 0.3 is 0 Å². The van der Waals surface area contributed by atoms with Gasteiger partial charge in [0.05, 0.1) is 11.8 Å². The number of hydrogen-bond donors (Lipinski definition) is 1. The van der Waals surface area contributed by atoms with Gasteiger partial charge in [0.1, 0.15) is 6.04 Å². The largest absolute Gasteiger partial charge is 0.300 e. The number of allylic oxidation sites excluding steroid dienone is 2. The van der Waals surface area contributed by atoms with Crippen molar-refractivity contribution in [3.05, 3.63) is 59.1 Å². The topological polar surface area (TPSA) is 79.4 Å². The molecule has 1 saturated carbocycles. The van der Waals surface area contributed by atoms with Gasteiger partial charge in [-0.3, -0.25) is 19.3 Å². The summed E-state index contributed by atoms with van der Waals surface area (Å²) < 4.78 is 0. The van der Waals surface area contributed by atoms with Crippen LogP contribution < -0.4 is 5.32 Å². The number of nitrogens with zero attached hydrogens (tertiary/aromatic N) is 2. The molecule has 7 heteroatoms. The van der Waals surface area contributed by atoms with Crippen LogP contribution in [0, 0.1) is 23.7 Å². The minimum Gasteiger partial charge on any atom is -0.300 e. The number of imide groups is 1. The number of nitrogens with one attached hydrogen (secondary N) is 1. The molecule has 2 aromatic rings. The lowest BCUT2D eigenvalue weighted by molar-refractivity contribution is -0.146. The molecule has 0 radical (unpaired) electrons. The molecular formula is C22H21N3O3S. The van der Waals surface area contributed by atoms with E-state index in [0.29, 0.717) is 5.13 Å². The summed E-state index contributed by atoms with van der Waals surface area (Å²) in [6, 6.07) is 9.19. The first-order valence-corrected chi connectivity index (χ1v) is 10.7. The summed E-state index contributed by atoms with van der Waals surface area (Å²) in [5.41, 5.74) is 1.17. The van der Waals surface area contributed by atoms with Gasteiger partial charge in [-0.15, -0.1) is 11.3 Å². The number of fused-ring (bicyclic) bond motifs is 5. The second-order valence-corrected chi connectivity index (χ2v) is 9.12. The monoisotopic (exact) mass is 407 g/mol. The van der Waals surface area contributed by atoms with Crippen LogP contribution in [0.1, 0.15) is 23.8 Å². The SMILES string of the molecule is CC(C(=O)Nc1ncc(Cc2ccccc2)s1)N1C(=O)C2C3C=CC(C3)C2C1=O. The quantitative estimate of drug-likeness (QED) is 0.611. The predicted molar refractivity (Wildman–Crippen MR) is 109 cm³/mol. The number of aromatic nitrogens is 1. The third kappa shape index (κ3) is 3.00. The van der Waals surface area contributed by atoms with Crippen LogP contribution >= 0.6 is 11.3 Å². The summed E-state index contributed by atoms with van der Waals surface area (Å²) in [7, 11) is 0. The molecule has 2 aliphatic carbocycles. The van der Waals surface area contributed by atoms with Crippen molar-refractivity contribution >= 4 is 34.2 Å². The van der Waals surface area contributed by atoms with Crippen LogP contribution in [0.25, 0.3) is 0 Å². The summed E-state index contributed by atoms with van der Waals surface area (Å²) in [6.45, 7) is 1.61. The fourth-order valence-corrected chi connectivity index (χ4v) is 5.73. The van der Waals surface area contributed by atoms with E-state index < -0.39 is 6.04 Å². The normalized spacial score (nSPS) is 28.1. The number of thiazole rings is 1. The maximum absolute atomic E-state index is 12.9. The Balaban J connectivity index is 1.26. The zero-order valence-corrected chi connectivity index (χ0v) is 16.8. The standard InChI is InChI=1S/C22H21N3O3S/c1-12(25-20(27)17-14-7-8-15(10-14)18(17)21(25)28)19(26)24-22-23-11-16(29-22)9-13-5-3-2-4-6-13/h2-8,11-12,14-15,17-18H,9-10H2,1H3,(H,23,24,26). The number of anilines is 1. The molecule has 6 nitrogen and oxygen atoms in total. The molecule has 0 spiro atoms. The minimum absolute atomic E-state index is 0.140. The molecule has 1 aromatic heterocycles. The predicted octanol–water partition coefficient (Wildman–Crippen LogP) is 2.87. The van der Waals surface area contributed by atoms with Crippen LogP contribution in [-0.2, 0) is 20.8 Å². The van der Waals surface area contributed by atoms with Crippen molar-refractivity contribution in [1.29, 1.82) is 0 Å². The number of carbonyl (C=O) groups excluding carboxylic acids is 3. The molecule has 5 unspecified atom stereocenters. The zero-order valence-electron chi connectivity index (χ0n) is 15.9. The Hall–Kier alpha value is -2.80. The van der Waals surface area contributed by atoms with E-state index in [1.165, 1.54) is 21.8 Å². The highest BCUT2D eigenvalue weighted by atomic mass is 32.1. The summed E-state index contributed by atoms with van der Waals surface area (Å²) >= 11 is 1.40. The average Bonchev–Trinajstić information content (AvgIpc) is 3.48. The molecule has 148 valence electrons. The van der Waals surface area contributed by atoms with E-state index >= 15 is 0 Å². The molecule has 5 rings (SSSR count). The molecule has 2 heterocycles. The Morgan fingerprint density at radius 1 is 1.17 bits per heavy atom. The van der Waals surface area contributed by atoms with E-state index in [1.807, 2.05) is 30.3 Å². The minimum atomic E-state index is -0.846. The van der Waals surface area contributed by atoms with Crippen molar-refractivity contribution in [3.63, 3.8) is 0 Å². The van der Waals surface area contributed by atoms with Gasteiger partial charge in [0.2, 0.25) is 17.7 Å². The summed E-state index contributed by atoms with van der Waals surface area (Å²) in [6.07, 6.45) is 7.47. The molecule has 2 bridgehead atoms. The summed E-state index contributed by atoms with van der Waals surface area (Å²) in [5.74, 6) is -1.09.